The molecule has 11 heteroatoms. The molecular formula is C16H14F3N7O. The summed E-state index contributed by atoms with van der Waals surface area (Å²) in [7, 11) is 0. The molecule has 8 nitrogen and oxygen atoms in total. The smallest absolute Gasteiger partial charge is 0.357 e. The second-order valence-electron chi connectivity index (χ2n) is 6.08. The number of anilines is 1. The van der Waals surface area contributed by atoms with Crippen LogP contribution < -0.4 is 10.2 Å². The summed E-state index contributed by atoms with van der Waals surface area (Å²) in [4.78, 5) is 33.3. The van der Waals surface area contributed by atoms with E-state index in [2.05, 4.69) is 24.9 Å². The molecule has 0 bridgehead atoms. The van der Waals surface area contributed by atoms with E-state index in [-0.39, 0.29) is 0 Å². The van der Waals surface area contributed by atoms with Crippen LogP contribution in [0.5, 0.6) is 0 Å². The molecule has 3 aromatic rings. The molecule has 1 saturated heterocycles. The number of rotatable bonds is 4. The largest absolute Gasteiger partial charge is 0.405 e. The third-order valence-electron chi connectivity index (χ3n) is 4.35. The van der Waals surface area contributed by atoms with Crippen LogP contribution in [-0.2, 0) is 4.79 Å². The standard InChI is InChI=1S/C16H14F3N7O/c17-16(18,19)7-24-15(27)12-1-2-26(12)9-3-21-13(22-4-9)11-6-23-14-10(11)5-20-8-25-14/h3-6,8,12H,1-2,7H2,(H,24,27)(H,20,23,25)/t12-/m0/s1. The average molecular weight is 377 g/mol. The van der Waals surface area contributed by atoms with Crippen molar-refractivity contribution in [3.8, 4) is 11.4 Å². The molecule has 140 valence electrons. The molecule has 4 heterocycles. The minimum Gasteiger partial charge on any atom is -0.357 e. The number of aromatic nitrogens is 5. The van der Waals surface area contributed by atoms with Crippen molar-refractivity contribution in [3.63, 3.8) is 0 Å². The first kappa shape index (κ1) is 17.2. The van der Waals surface area contributed by atoms with Gasteiger partial charge in [-0.2, -0.15) is 13.2 Å². The summed E-state index contributed by atoms with van der Waals surface area (Å²) in [6.45, 7) is -0.790. The van der Waals surface area contributed by atoms with Crippen molar-refractivity contribution in [3.05, 3.63) is 31.1 Å². The second kappa shape index (κ2) is 6.49. The Balaban J connectivity index is 1.48. The molecule has 3 aromatic heterocycles. The van der Waals surface area contributed by atoms with Crippen LogP contribution in [-0.4, -0.2) is 56.1 Å². The predicted molar refractivity (Wildman–Crippen MR) is 89.7 cm³/mol. The Morgan fingerprint density at radius 3 is 2.70 bits per heavy atom. The number of carbonyl (C=O) groups is 1. The van der Waals surface area contributed by atoms with Crippen LogP contribution in [0.2, 0.25) is 0 Å². The summed E-state index contributed by atoms with van der Waals surface area (Å²) in [6.07, 6.45) is 3.96. The number of nitrogens with zero attached hydrogens (tertiary/aromatic N) is 5. The maximum atomic E-state index is 12.3. The number of carbonyl (C=O) groups excluding carboxylic acids is 1. The van der Waals surface area contributed by atoms with E-state index < -0.39 is 24.7 Å². The van der Waals surface area contributed by atoms with Crippen molar-refractivity contribution in [2.45, 2.75) is 18.6 Å². The summed E-state index contributed by atoms with van der Waals surface area (Å²) < 4.78 is 36.8. The number of amides is 1. The molecule has 0 aromatic carbocycles. The first-order valence-electron chi connectivity index (χ1n) is 8.13. The summed E-state index contributed by atoms with van der Waals surface area (Å²) in [6, 6.07) is -0.650. The Labute approximate surface area is 150 Å². The Hall–Kier alpha value is -3.24. The number of nitrogens with one attached hydrogen (secondary N) is 2. The number of hydrogen-bond acceptors (Lipinski definition) is 6. The number of halogens is 3. The van der Waals surface area contributed by atoms with Crippen molar-refractivity contribution < 1.29 is 18.0 Å². The van der Waals surface area contributed by atoms with Gasteiger partial charge >= 0.3 is 6.18 Å². The Kier molecular flexibility index (Phi) is 4.13. The fourth-order valence-corrected chi connectivity index (χ4v) is 2.93. The highest BCUT2D eigenvalue weighted by Crippen LogP contribution is 2.28. The third kappa shape index (κ3) is 3.39. The fourth-order valence-electron chi connectivity index (χ4n) is 2.93. The molecule has 0 radical (unpaired) electrons. The van der Waals surface area contributed by atoms with E-state index in [9.17, 15) is 18.0 Å². The number of hydrogen-bond donors (Lipinski definition) is 2. The molecule has 1 atom stereocenters. The molecule has 1 aliphatic heterocycles. The van der Waals surface area contributed by atoms with Gasteiger partial charge in [-0.05, 0) is 6.42 Å². The number of fused-ring (bicyclic) bond motifs is 1. The number of H-pyrrole nitrogens is 1. The maximum absolute atomic E-state index is 12.3. The van der Waals surface area contributed by atoms with E-state index >= 15 is 0 Å². The highest BCUT2D eigenvalue weighted by Gasteiger charge is 2.37. The van der Waals surface area contributed by atoms with E-state index in [1.165, 1.54) is 6.33 Å². The molecule has 0 spiro atoms. The van der Waals surface area contributed by atoms with Gasteiger partial charge in [0, 0.05) is 29.9 Å². The Bertz CT molecular complexity index is 970. The zero-order valence-electron chi connectivity index (χ0n) is 13.9. The molecule has 0 saturated carbocycles. The van der Waals surface area contributed by atoms with Crippen LogP contribution in [0, 0.1) is 0 Å². The zero-order chi connectivity index (χ0) is 19.0. The van der Waals surface area contributed by atoms with Crippen LogP contribution in [0.15, 0.2) is 31.1 Å². The molecule has 0 unspecified atom stereocenters. The van der Waals surface area contributed by atoms with Gasteiger partial charge < -0.3 is 15.2 Å². The molecule has 27 heavy (non-hydrogen) atoms. The Morgan fingerprint density at radius 2 is 2.04 bits per heavy atom. The molecule has 1 aliphatic rings. The van der Waals surface area contributed by atoms with E-state index in [1.54, 1.807) is 29.7 Å². The van der Waals surface area contributed by atoms with Crippen molar-refractivity contribution in [1.82, 2.24) is 30.2 Å². The van der Waals surface area contributed by atoms with Gasteiger partial charge in [0.1, 0.15) is 24.6 Å². The lowest BCUT2D eigenvalue weighted by molar-refractivity contribution is -0.139. The van der Waals surface area contributed by atoms with Gasteiger partial charge in [0.25, 0.3) is 0 Å². The zero-order valence-corrected chi connectivity index (χ0v) is 13.9. The van der Waals surface area contributed by atoms with Crippen LogP contribution in [0.4, 0.5) is 18.9 Å². The minimum atomic E-state index is -4.43. The van der Waals surface area contributed by atoms with Crippen LogP contribution in [0.1, 0.15) is 6.42 Å². The van der Waals surface area contributed by atoms with Gasteiger partial charge in [-0.25, -0.2) is 19.9 Å². The van der Waals surface area contributed by atoms with Gasteiger partial charge in [0.15, 0.2) is 5.82 Å². The highest BCUT2D eigenvalue weighted by atomic mass is 19.4. The topological polar surface area (TPSA) is 99.7 Å². The van der Waals surface area contributed by atoms with E-state index in [0.717, 1.165) is 10.9 Å². The van der Waals surface area contributed by atoms with Gasteiger partial charge in [-0.3, -0.25) is 4.79 Å². The van der Waals surface area contributed by atoms with Crippen molar-refractivity contribution in [2.24, 2.45) is 0 Å². The Morgan fingerprint density at radius 1 is 1.26 bits per heavy atom. The van der Waals surface area contributed by atoms with Crippen molar-refractivity contribution >= 4 is 22.6 Å². The first-order valence-corrected chi connectivity index (χ1v) is 8.13. The summed E-state index contributed by atoms with van der Waals surface area (Å²) in [5.74, 6) is -0.199. The molecule has 4 rings (SSSR count). The lowest BCUT2D eigenvalue weighted by Crippen LogP contribution is -2.57. The van der Waals surface area contributed by atoms with Gasteiger partial charge in [-0.15, -0.1) is 0 Å². The maximum Gasteiger partial charge on any atom is 0.405 e. The predicted octanol–water partition coefficient (Wildman–Crippen LogP) is 1.67. The fraction of sp³-hybridized carbons (Fsp3) is 0.312. The van der Waals surface area contributed by atoms with Crippen molar-refractivity contribution in [2.75, 3.05) is 18.0 Å². The monoisotopic (exact) mass is 377 g/mol. The van der Waals surface area contributed by atoms with Crippen LogP contribution in [0.3, 0.4) is 0 Å². The summed E-state index contributed by atoms with van der Waals surface area (Å²) >= 11 is 0. The van der Waals surface area contributed by atoms with E-state index in [4.69, 9.17) is 0 Å². The summed E-state index contributed by atoms with van der Waals surface area (Å²) in [5, 5.41) is 2.69. The average Bonchev–Trinajstić information content (AvgIpc) is 3.03. The van der Waals surface area contributed by atoms with Gasteiger partial charge in [0.2, 0.25) is 5.91 Å². The van der Waals surface area contributed by atoms with Gasteiger partial charge in [0.05, 0.1) is 18.1 Å². The minimum absolute atomic E-state index is 0.457. The quantitative estimate of drug-likeness (QED) is 0.718. The van der Waals surface area contributed by atoms with E-state index in [1.807, 2.05) is 5.32 Å². The lowest BCUT2D eigenvalue weighted by Gasteiger charge is -2.41. The molecular weight excluding hydrogens is 363 g/mol. The SMILES string of the molecule is O=C(NCC(F)(F)F)[C@@H]1CCN1c1cnc(-c2c[nH]c3ncncc23)nc1. The highest BCUT2D eigenvalue weighted by molar-refractivity contribution is 5.91. The summed E-state index contributed by atoms with van der Waals surface area (Å²) in [5.41, 5.74) is 1.98. The third-order valence-corrected chi connectivity index (χ3v) is 4.35. The number of alkyl halides is 3. The van der Waals surface area contributed by atoms with Crippen LogP contribution >= 0.6 is 0 Å². The van der Waals surface area contributed by atoms with Gasteiger partial charge in [-0.1, -0.05) is 0 Å². The lowest BCUT2D eigenvalue weighted by atomic mass is 10.0. The first-order chi connectivity index (χ1) is 12.9. The molecule has 2 N–H and O–H groups in total. The number of aromatic amines is 1. The molecule has 1 amide bonds. The van der Waals surface area contributed by atoms with E-state index in [0.29, 0.717) is 30.1 Å². The molecule has 0 aliphatic carbocycles. The molecule has 1 fully saturated rings. The van der Waals surface area contributed by atoms with Crippen LogP contribution in [0.25, 0.3) is 22.4 Å². The van der Waals surface area contributed by atoms with Crippen molar-refractivity contribution in [1.29, 1.82) is 0 Å². The normalized spacial score (nSPS) is 17.0. The second-order valence-corrected chi connectivity index (χ2v) is 6.08.